The van der Waals surface area contributed by atoms with Crippen molar-refractivity contribution in [3.63, 3.8) is 0 Å². The van der Waals surface area contributed by atoms with E-state index in [9.17, 15) is 13.6 Å². The maximum Gasteiger partial charge on any atom is 0.288 e. The largest absolute Gasteiger partial charge is 0.339 e. The Hall–Kier alpha value is -1.10. The number of amides is 1. The van der Waals surface area contributed by atoms with Crippen LogP contribution in [0.1, 0.15) is 37.0 Å². The van der Waals surface area contributed by atoms with Crippen molar-refractivity contribution in [1.82, 2.24) is 4.90 Å². The monoisotopic (exact) mass is 287 g/mol. The van der Waals surface area contributed by atoms with Crippen molar-refractivity contribution in [1.29, 1.82) is 0 Å². The Morgan fingerprint density at radius 1 is 1.16 bits per heavy atom. The number of alkyl halides is 2. The number of nitrogens with zero attached hydrogens (tertiary/aromatic N) is 1. The van der Waals surface area contributed by atoms with E-state index in [0.29, 0.717) is 22.2 Å². The van der Waals surface area contributed by atoms with Gasteiger partial charge in [-0.15, -0.1) is 0 Å². The highest BCUT2D eigenvalue weighted by Gasteiger charge is 2.14. The molecule has 0 saturated carbocycles. The maximum atomic E-state index is 12.2. The van der Waals surface area contributed by atoms with Crippen LogP contribution in [0.5, 0.6) is 0 Å². The van der Waals surface area contributed by atoms with Crippen LogP contribution in [-0.4, -0.2) is 29.7 Å². The molecule has 0 aliphatic heterocycles. The third kappa shape index (κ3) is 5.19. The van der Waals surface area contributed by atoms with Crippen LogP contribution >= 0.6 is 11.8 Å². The van der Waals surface area contributed by atoms with Crippen molar-refractivity contribution >= 4 is 17.7 Å². The minimum Gasteiger partial charge on any atom is -0.339 e. The molecule has 0 saturated heterocycles. The molecule has 5 heteroatoms. The molecular weight excluding hydrogens is 268 g/mol. The first kappa shape index (κ1) is 16.0. The Morgan fingerprint density at radius 2 is 1.68 bits per heavy atom. The van der Waals surface area contributed by atoms with Crippen LogP contribution in [0, 0.1) is 0 Å². The van der Waals surface area contributed by atoms with Gasteiger partial charge in [0, 0.05) is 23.5 Å². The Labute approximate surface area is 117 Å². The molecule has 0 spiro atoms. The Bertz CT molecular complexity index is 389. The average molecular weight is 287 g/mol. The highest BCUT2D eigenvalue weighted by molar-refractivity contribution is 7.99. The van der Waals surface area contributed by atoms with E-state index in [1.165, 1.54) is 0 Å². The molecule has 2 nitrogen and oxygen atoms in total. The van der Waals surface area contributed by atoms with Gasteiger partial charge in [-0.3, -0.25) is 4.79 Å². The highest BCUT2D eigenvalue weighted by atomic mass is 32.2. The molecule has 0 aliphatic rings. The lowest BCUT2D eigenvalue weighted by Gasteiger charge is -2.21. The third-order valence-corrected chi connectivity index (χ3v) is 3.32. The molecule has 0 bridgehead atoms. The fourth-order valence-electron chi connectivity index (χ4n) is 1.82. The smallest absolute Gasteiger partial charge is 0.288 e. The summed E-state index contributed by atoms with van der Waals surface area (Å²) in [5.74, 6) is -2.46. The van der Waals surface area contributed by atoms with Crippen molar-refractivity contribution in [2.24, 2.45) is 0 Å². The van der Waals surface area contributed by atoms with Crippen LogP contribution < -0.4 is 0 Å². The van der Waals surface area contributed by atoms with Crippen molar-refractivity contribution in [2.75, 3.05) is 13.1 Å². The minimum absolute atomic E-state index is 0.0303. The first-order valence-electron chi connectivity index (χ1n) is 6.42. The average Bonchev–Trinajstić information content (AvgIpc) is 2.38. The molecule has 0 fully saturated rings. The van der Waals surface area contributed by atoms with Gasteiger partial charge in [0.2, 0.25) is 0 Å². The normalized spacial score (nSPS) is 10.8. The van der Waals surface area contributed by atoms with Crippen molar-refractivity contribution in [2.45, 2.75) is 37.3 Å². The fourth-order valence-corrected chi connectivity index (χ4v) is 2.32. The molecule has 1 aromatic carbocycles. The molecule has 0 atom stereocenters. The summed E-state index contributed by atoms with van der Waals surface area (Å²) in [5.41, 5.74) is 0.556. The fraction of sp³-hybridized carbons (Fsp3) is 0.500. The summed E-state index contributed by atoms with van der Waals surface area (Å²) in [4.78, 5) is 14.5. The second-order valence-electron chi connectivity index (χ2n) is 4.20. The number of halogens is 2. The third-order valence-electron chi connectivity index (χ3n) is 2.60. The zero-order chi connectivity index (χ0) is 14.3. The van der Waals surface area contributed by atoms with Gasteiger partial charge in [0.05, 0.1) is 0 Å². The summed E-state index contributed by atoms with van der Waals surface area (Å²) in [5, 5.41) is 0. The first-order chi connectivity index (χ1) is 9.08. The maximum absolute atomic E-state index is 12.2. The van der Waals surface area contributed by atoms with E-state index in [1.807, 2.05) is 13.8 Å². The summed E-state index contributed by atoms with van der Waals surface area (Å²) in [7, 11) is 0. The van der Waals surface area contributed by atoms with Crippen LogP contribution in [0.25, 0.3) is 0 Å². The Morgan fingerprint density at radius 3 is 2.11 bits per heavy atom. The van der Waals surface area contributed by atoms with Gasteiger partial charge in [-0.1, -0.05) is 25.6 Å². The molecule has 0 unspecified atom stereocenters. The zero-order valence-electron chi connectivity index (χ0n) is 11.2. The molecule has 0 heterocycles. The quantitative estimate of drug-likeness (QED) is 0.698. The Balaban J connectivity index is 2.75. The lowest BCUT2D eigenvalue weighted by molar-refractivity contribution is 0.0755. The van der Waals surface area contributed by atoms with Gasteiger partial charge in [-0.25, -0.2) is 0 Å². The van der Waals surface area contributed by atoms with Crippen LogP contribution in [-0.2, 0) is 0 Å². The second-order valence-corrected chi connectivity index (χ2v) is 5.26. The van der Waals surface area contributed by atoms with Gasteiger partial charge >= 0.3 is 0 Å². The Kier molecular flexibility index (Phi) is 6.84. The molecule has 1 amide bonds. The SMILES string of the molecule is CCCN(CCC)C(=O)c1ccc(SC(F)F)cc1. The van der Waals surface area contributed by atoms with Crippen molar-refractivity contribution in [3.05, 3.63) is 29.8 Å². The molecular formula is C14H19F2NOS. The zero-order valence-corrected chi connectivity index (χ0v) is 12.1. The second kappa shape index (κ2) is 8.15. The van der Waals surface area contributed by atoms with Crippen LogP contribution in [0.4, 0.5) is 8.78 Å². The molecule has 0 aromatic heterocycles. The van der Waals surface area contributed by atoms with Gasteiger partial charge in [-0.2, -0.15) is 8.78 Å². The number of rotatable bonds is 7. The van der Waals surface area contributed by atoms with E-state index in [0.717, 1.165) is 25.9 Å². The van der Waals surface area contributed by atoms with Crippen LogP contribution in [0.2, 0.25) is 0 Å². The van der Waals surface area contributed by atoms with E-state index in [1.54, 1.807) is 29.2 Å². The van der Waals surface area contributed by atoms with Crippen molar-refractivity contribution < 1.29 is 13.6 Å². The van der Waals surface area contributed by atoms with Gasteiger partial charge in [0.1, 0.15) is 0 Å². The number of benzene rings is 1. The number of thioether (sulfide) groups is 1. The molecule has 0 radical (unpaired) electrons. The number of carbonyl (C=O) groups excluding carboxylic acids is 1. The standard InChI is InChI=1S/C14H19F2NOS/c1-3-9-17(10-4-2)13(18)11-5-7-12(8-6-11)19-14(15)16/h5-8,14H,3-4,9-10H2,1-2H3. The summed E-state index contributed by atoms with van der Waals surface area (Å²) >= 11 is 0.490. The topological polar surface area (TPSA) is 20.3 Å². The lowest BCUT2D eigenvalue weighted by Crippen LogP contribution is -2.32. The number of hydrogen-bond donors (Lipinski definition) is 0. The minimum atomic E-state index is -2.43. The molecule has 1 aromatic rings. The summed E-state index contributed by atoms with van der Waals surface area (Å²) in [6.45, 7) is 5.50. The molecule has 1 rings (SSSR count). The first-order valence-corrected chi connectivity index (χ1v) is 7.30. The van der Waals surface area contributed by atoms with Gasteiger partial charge in [-0.05, 0) is 37.1 Å². The summed E-state index contributed by atoms with van der Waals surface area (Å²) < 4.78 is 24.4. The number of carbonyl (C=O) groups is 1. The van der Waals surface area contributed by atoms with E-state index < -0.39 is 5.76 Å². The molecule has 19 heavy (non-hydrogen) atoms. The summed E-state index contributed by atoms with van der Waals surface area (Å²) in [6.07, 6.45) is 1.82. The molecule has 106 valence electrons. The van der Waals surface area contributed by atoms with Crippen LogP contribution in [0.15, 0.2) is 29.2 Å². The van der Waals surface area contributed by atoms with E-state index in [2.05, 4.69) is 0 Å². The molecule has 0 aliphatic carbocycles. The number of hydrogen-bond acceptors (Lipinski definition) is 2. The molecule has 0 N–H and O–H groups in total. The van der Waals surface area contributed by atoms with E-state index in [-0.39, 0.29) is 5.91 Å². The summed E-state index contributed by atoms with van der Waals surface area (Å²) in [6, 6.07) is 6.37. The lowest BCUT2D eigenvalue weighted by atomic mass is 10.2. The highest BCUT2D eigenvalue weighted by Crippen LogP contribution is 2.25. The van der Waals surface area contributed by atoms with Gasteiger partial charge in [0.15, 0.2) is 0 Å². The van der Waals surface area contributed by atoms with Gasteiger partial charge < -0.3 is 4.90 Å². The van der Waals surface area contributed by atoms with Crippen LogP contribution in [0.3, 0.4) is 0 Å². The van der Waals surface area contributed by atoms with Gasteiger partial charge in [0.25, 0.3) is 11.7 Å². The van der Waals surface area contributed by atoms with Crippen molar-refractivity contribution in [3.8, 4) is 0 Å². The predicted molar refractivity (Wildman–Crippen MR) is 74.8 cm³/mol. The van der Waals surface area contributed by atoms with E-state index in [4.69, 9.17) is 0 Å². The predicted octanol–water partition coefficient (Wildman–Crippen LogP) is 4.26. The van der Waals surface area contributed by atoms with E-state index >= 15 is 0 Å².